The van der Waals surface area contributed by atoms with Gasteiger partial charge < -0.3 is 14.9 Å². The zero-order valence-electron chi connectivity index (χ0n) is 12.0. The first-order valence-electron chi connectivity index (χ1n) is 7.91. The number of hydrogen-bond donors (Lipinski definition) is 1. The number of aliphatic hydroxyl groups is 1. The molecule has 3 rings (SSSR count). The van der Waals surface area contributed by atoms with Crippen molar-refractivity contribution in [3.05, 3.63) is 0 Å². The van der Waals surface area contributed by atoms with E-state index in [0.717, 1.165) is 45.1 Å². The highest BCUT2D eigenvalue weighted by Crippen LogP contribution is 2.34. The summed E-state index contributed by atoms with van der Waals surface area (Å²) in [4.78, 5) is 28.5. The molecule has 1 saturated heterocycles. The highest BCUT2D eigenvalue weighted by atomic mass is 16.3. The van der Waals surface area contributed by atoms with Gasteiger partial charge in [0.25, 0.3) is 0 Å². The quantitative estimate of drug-likeness (QED) is 0.803. The minimum absolute atomic E-state index is 0.0275. The maximum Gasteiger partial charge on any atom is 0.227 e. The van der Waals surface area contributed by atoms with Gasteiger partial charge in [0, 0.05) is 31.6 Å². The van der Waals surface area contributed by atoms with Gasteiger partial charge in [-0.25, -0.2) is 0 Å². The van der Waals surface area contributed by atoms with E-state index in [4.69, 9.17) is 5.11 Å². The summed E-state index contributed by atoms with van der Waals surface area (Å²) in [6.45, 7) is 1.86. The summed E-state index contributed by atoms with van der Waals surface area (Å²) in [6.07, 6.45) is 5.96. The van der Waals surface area contributed by atoms with Crippen LogP contribution in [-0.4, -0.2) is 59.0 Å². The van der Waals surface area contributed by atoms with E-state index in [-0.39, 0.29) is 30.3 Å². The minimum atomic E-state index is -0.0569. The summed E-state index contributed by atoms with van der Waals surface area (Å²) < 4.78 is 0. The molecule has 0 bridgehead atoms. The molecule has 1 unspecified atom stereocenters. The van der Waals surface area contributed by atoms with Crippen molar-refractivity contribution in [3.8, 4) is 0 Å². The molecule has 2 aliphatic carbocycles. The normalized spacial score (nSPS) is 26.4. The number of nitrogens with zero attached hydrogens (tertiary/aromatic N) is 2. The van der Waals surface area contributed by atoms with Gasteiger partial charge in [-0.15, -0.1) is 0 Å². The zero-order chi connectivity index (χ0) is 14.1. The van der Waals surface area contributed by atoms with Gasteiger partial charge in [-0.3, -0.25) is 9.59 Å². The Morgan fingerprint density at radius 3 is 2.45 bits per heavy atom. The van der Waals surface area contributed by atoms with Crippen LogP contribution in [-0.2, 0) is 9.59 Å². The molecule has 0 aromatic heterocycles. The lowest BCUT2D eigenvalue weighted by Crippen LogP contribution is -2.48. The number of rotatable bonds is 5. The Kier molecular flexibility index (Phi) is 3.96. The monoisotopic (exact) mass is 280 g/mol. The van der Waals surface area contributed by atoms with Gasteiger partial charge in [0.15, 0.2) is 0 Å². The lowest BCUT2D eigenvalue weighted by Gasteiger charge is -2.35. The number of carbonyl (C=O) groups is 2. The molecule has 3 fully saturated rings. The van der Waals surface area contributed by atoms with Crippen molar-refractivity contribution in [2.24, 2.45) is 11.8 Å². The molecule has 5 nitrogen and oxygen atoms in total. The van der Waals surface area contributed by atoms with E-state index in [9.17, 15) is 9.59 Å². The lowest BCUT2D eigenvalue weighted by atomic mass is 9.96. The summed E-state index contributed by atoms with van der Waals surface area (Å²) >= 11 is 0. The lowest BCUT2D eigenvalue weighted by molar-refractivity contribution is -0.142. The van der Waals surface area contributed by atoms with E-state index in [2.05, 4.69) is 0 Å². The Balaban J connectivity index is 1.60. The van der Waals surface area contributed by atoms with E-state index in [1.165, 1.54) is 0 Å². The van der Waals surface area contributed by atoms with E-state index in [0.29, 0.717) is 19.1 Å². The fraction of sp³-hybridized carbons (Fsp3) is 0.867. The van der Waals surface area contributed by atoms with Gasteiger partial charge >= 0.3 is 0 Å². The molecule has 112 valence electrons. The second-order valence-electron chi connectivity index (χ2n) is 6.38. The third kappa shape index (κ3) is 2.97. The predicted octanol–water partition coefficient (Wildman–Crippen LogP) is 0.618. The number of amides is 2. The summed E-state index contributed by atoms with van der Waals surface area (Å²) in [6, 6.07) is 0.337. The fourth-order valence-electron chi connectivity index (χ4n) is 3.17. The zero-order valence-corrected chi connectivity index (χ0v) is 12.0. The molecule has 0 aromatic rings. The Morgan fingerprint density at radius 2 is 1.85 bits per heavy atom. The molecule has 3 aliphatic rings. The summed E-state index contributed by atoms with van der Waals surface area (Å²) in [5, 5.41) is 9.12. The SMILES string of the molecule is O=C(C1CC1)N1CCCC(C(=O)N(CCO)C2CC2)C1. The average molecular weight is 280 g/mol. The third-order valence-electron chi connectivity index (χ3n) is 4.62. The van der Waals surface area contributed by atoms with Gasteiger partial charge in [0.2, 0.25) is 11.8 Å². The highest BCUT2D eigenvalue weighted by molar-refractivity contribution is 5.83. The van der Waals surface area contributed by atoms with Crippen LogP contribution < -0.4 is 0 Å². The van der Waals surface area contributed by atoms with Crippen LogP contribution in [0.3, 0.4) is 0 Å². The van der Waals surface area contributed by atoms with Crippen LogP contribution in [0, 0.1) is 11.8 Å². The molecule has 2 saturated carbocycles. The summed E-state index contributed by atoms with van der Waals surface area (Å²) in [7, 11) is 0. The van der Waals surface area contributed by atoms with Crippen LogP contribution >= 0.6 is 0 Å². The molecule has 1 atom stereocenters. The van der Waals surface area contributed by atoms with Gasteiger partial charge in [-0.05, 0) is 38.5 Å². The molecule has 5 heteroatoms. The Bertz CT molecular complexity index is 391. The van der Waals surface area contributed by atoms with E-state index >= 15 is 0 Å². The molecule has 20 heavy (non-hydrogen) atoms. The van der Waals surface area contributed by atoms with Crippen molar-refractivity contribution in [2.75, 3.05) is 26.2 Å². The van der Waals surface area contributed by atoms with Gasteiger partial charge in [0.05, 0.1) is 12.5 Å². The Hall–Kier alpha value is -1.10. The van der Waals surface area contributed by atoms with Crippen molar-refractivity contribution in [1.82, 2.24) is 9.80 Å². The van der Waals surface area contributed by atoms with Gasteiger partial charge in [-0.1, -0.05) is 0 Å². The molecular weight excluding hydrogens is 256 g/mol. The van der Waals surface area contributed by atoms with Crippen LogP contribution in [0.25, 0.3) is 0 Å². The van der Waals surface area contributed by atoms with Crippen molar-refractivity contribution >= 4 is 11.8 Å². The molecule has 1 heterocycles. The first-order valence-corrected chi connectivity index (χ1v) is 7.91. The number of piperidine rings is 1. The second kappa shape index (κ2) is 5.72. The van der Waals surface area contributed by atoms with Gasteiger partial charge in [0.1, 0.15) is 0 Å². The van der Waals surface area contributed by atoms with Crippen LogP contribution in [0.5, 0.6) is 0 Å². The average Bonchev–Trinajstić information content (AvgIpc) is 3.35. The molecule has 1 aliphatic heterocycles. The molecular formula is C15H24N2O3. The predicted molar refractivity (Wildman–Crippen MR) is 73.8 cm³/mol. The Morgan fingerprint density at radius 1 is 1.10 bits per heavy atom. The fourth-order valence-corrected chi connectivity index (χ4v) is 3.17. The first-order chi connectivity index (χ1) is 9.70. The minimum Gasteiger partial charge on any atom is -0.395 e. The number of likely N-dealkylation sites (tertiary alicyclic amines) is 1. The largest absolute Gasteiger partial charge is 0.395 e. The van der Waals surface area contributed by atoms with E-state index in [1.807, 2.05) is 9.80 Å². The van der Waals surface area contributed by atoms with Crippen molar-refractivity contribution in [1.29, 1.82) is 0 Å². The molecule has 0 radical (unpaired) electrons. The van der Waals surface area contributed by atoms with Crippen LogP contribution in [0.4, 0.5) is 0 Å². The van der Waals surface area contributed by atoms with Crippen molar-refractivity contribution in [3.63, 3.8) is 0 Å². The molecule has 2 amide bonds. The Labute approximate surface area is 119 Å². The number of aliphatic hydroxyl groups excluding tert-OH is 1. The molecule has 0 aromatic carbocycles. The standard InChI is InChI=1S/C15H24N2O3/c18-9-8-17(13-5-6-13)15(20)12-2-1-7-16(10-12)14(19)11-3-4-11/h11-13,18H,1-10H2. The van der Waals surface area contributed by atoms with E-state index < -0.39 is 0 Å². The number of carbonyl (C=O) groups excluding carboxylic acids is 2. The topological polar surface area (TPSA) is 60.9 Å². The third-order valence-corrected chi connectivity index (χ3v) is 4.62. The molecule has 1 N–H and O–H groups in total. The number of hydrogen-bond acceptors (Lipinski definition) is 3. The van der Waals surface area contributed by atoms with Crippen LogP contribution in [0.1, 0.15) is 38.5 Å². The summed E-state index contributed by atoms with van der Waals surface area (Å²) in [5.41, 5.74) is 0. The van der Waals surface area contributed by atoms with Crippen molar-refractivity contribution < 1.29 is 14.7 Å². The maximum atomic E-state index is 12.6. The second-order valence-corrected chi connectivity index (χ2v) is 6.38. The summed E-state index contributed by atoms with van der Waals surface area (Å²) in [5.74, 6) is 0.580. The highest BCUT2D eigenvalue weighted by Gasteiger charge is 2.40. The first kappa shape index (κ1) is 13.9. The maximum absolute atomic E-state index is 12.6. The van der Waals surface area contributed by atoms with Gasteiger partial charge in [-0.2, -0.15) is 0 Å². The van der Waals surface area contributed by atoms with Crippen molar-refractivity contribution in [2.45, 2.75) is 44.6 Å². The van der Waals surface area contributed by atoms with Crippen LogP contribution in [0.15, 0.2) is 0 Å². The molecule has 0 spiro atoms. The van der Waals surface area contributed by atoms with Crippen LogP contribution in [0.2, 0.25) is 0 Å². The van der Waals surface area contributed by atoms with E-state index in [1.54, 1.807) is 0 Å². The smallest absolute Gasteiger partial charge is 0.227 e.